The van der Waals surface area contributed by atoms with Crippen LogP contribution < -0.4 is 20.1 Å². The van der Waals surface area contributed by atoms with Gasteiger partial charge in [-0.1, -0.05) is 29.8 Å². The summed E-state index contributed by atoms with van der Waals surface area (Å²) < 4.78 is 12.4. The summed E-state index contributed by atoms with van der Waals surface area (Å²) in [6, 6.07) is 3.94. The van der Waals surface area contributed by atoms with E-state index >= 15 is 0 Å². The fourth-order valence-electron chi connectivity index (χ4n) is 7.51. The van der Waals surface area contributed by atoms with Gasteiger partial charge in [-0.3, -0.25) is 4.79 Å². The van der Waals surface area contributed by atoms with Crippen molar-refractivity contribution in [1.82, 2.24) is 10.6 Å². The molecule has 4 aliphatic carbocycles. The van der Waals surface area contributed by atoms with Gasteiger partial charge in [0, 0.05) is 22.1 Å². The van der Waals surface area contributed by atoms with Crippen LogP contribution in [0.3, 0.4) is 0 Å². The van der Waals surface area contributed by atoms with Crippen LogP contribution in [0.5, 0.6) is 11.5 Å². The Kier molecular flexibility index (Phi) is 6.11. The molecule has 4 saturated carbocycles. The molecule has 2 atom stereocenters. The first-order chi connectivity index (χ1) is 14.8. The van der Waals surface area contributed by atoms with Crippen LogP contribution in [0.1, 0.15) is 78.7 Å². The summed E-state index contributed by atoms with van der Waals surface area (Å²) in [5.74, 6) is 1.94. The van der Waals surface area contributed by atoms with E-state index in [1.54, 1.807) is 7.11 Å². The largest absolute Gasteiger partial charge is 0.493 e. The Morgan fingerprint density at radius 3 is 2.31 bits per heavy atom. The molecule has 0 aromatic heterocycles. The molecule has 4 aliphatic rings. The van der Waals surface area contributed by atoms with Gasteiger partial charge >= 0.3 is 0 Å². The minimum absolute atomic E-state index is 0.0423. The first kappa shape index (κ1) is 23.9. The van der Waals surface area contributed by atoms with Gasteiger partial charge in [0.1, 0.15) is 0 Å². The second-order valence-electron chi connectivity index (χ2n) is 12.4. The molecule has 4 fully saturated rings. The van der Waals surface area contributed by atoms with Gasteiger partial charge in [-0.25, -0.2) is 0 Å². The van der Waals surface area contributed by atoms with Crippen LogP contribution in [0.15, 0.2) is 16.6 Å². The van der Waals surface area contributed by atoms with Gasteiger partial charge in [0.2, 0.25) is 0 Å². The van der Waals surface area contributed by atoms with E-state index in [1.807, 2.05) is 32.9 Å². The summed E-state index contributed by atoms with van der Waals surface area (Å²) in [5.41, 5.74) is 2.09. The van der Waals surface area contributed by atoms with Crippen molar-refractivity contribution in [2.24, 2.45) is 16.7 Å². The Hall–Kier alpha value is -1.27. The molecule has 1 amide bonds. The lowest BCUT2D eigenvalue weighted by Crippen LogP contribution is -2.63. The smallest absolute Gasteiger partial charge is 0.258 e. The Morgan fingerprint density at radius 1 is 1.09 bits per heavy atom. The summed E-state index contributed by atoms with van der Waals surface area (Å²) >= 11 is 3.72. The van der Waals surface area contributed by atoms with Gasteiger partial charge in [0.05, 0.1) is 7.11 Å². The number of benzene rings is 1. The monoisotopic (exact) mass is 506 g/mol. The van der Waals surface area contributed by atoms with E-state index < -0.39 is 0 Å². The molecule has 6 heteroatoms. The summed E-state index contributed by atoms with van der Waals surface area (Å²) in [6.07, 6.45) is 8.05. The molecule has 1 aromatic carbocycles. The maximum Gasteiger partial charge on any atom is 0.258 e. The fraction of sp³-hybridized carbons (Fsp3) is 0.731. The van der Waals surface area contributed by atoms with Crippen LogP contribution in [0.2, 0.25) is 0 Å². The minimum Gasteiger partial charge on any atom is -0.493 e. The molecular weight excluding hydrogens is 468 g/mol. The number of ether oxygens (including phenoxy) is 2. The molecule has 32 heavy (non-hydrogen) atoms. The van der Waals surface area contributed by atoms with E-state index in [-0.39, 0.29) is 23.6 Å². The lowest BCUT2D eigenvalue weighted by Gasteiger charge is -2.65. The van der Waals surface area contributed by atoms with Crippen molar-refractivity contribution in [2.75, 3.05) is 13.7 Å². The average molecular weight is 508 g/mol. The lowest BCUT2D eigenvalue weighted by atomic mass is 9.43. The molecule has 2 N–H and O–H groups in total. The number of amides is 1. The molecule has 0 radical (unpaired) electrons. The quantitative estimate of drug-likeness (QED) is 0.505. The first-order valence-corrected chi connectivity index (χ1v) is 12.7. The highest BCUT2D eigenvalue weighted by molar-refractivity contribution is 9.10. The predicted molar refractivity (Wildman–Crippen MR) is 131 cm³/mol. The molecule has 2 unspecified atom stereocenters. The SMILES string of the molecule is COc1cc(CNC23CC4CC(C)(CC(C)(C4)C2)C3)c(Br)cc1OCC(=O)NC(C)(C)C. The predicted octanol–water partition coefficient (Wildman–Crippen LogP) is 5.59. The third-order valence-electron chi connectivity index (χ3n) is 7.49. The van der Waals surface area contributed by atoms with Crippen molar-refractivity contribution in [2.45, 2.75) is 90.8 Å². The molecule has 0 heterocycles. The van der Waals surface area contributed by atoms with E-state index in [1.165, 1.54) is 38.5 Å². The van der Waals surface area contributed by atoms with E-state index in [9.17, 15) is 4.79 Å². The zero-order valence-electron chi connectivity index (χ0n) is 20.5. The van der Waals surface area contributed by atoms with Crippen LogP contribution in [-0.2, 0) is 11.3 Å². The highest BCUT2D eigenvalue weighted by atomic mass is 79.9. The highest BCUT2D eigenvalue weighted by Gasteiger charge is 2.59. The zero-order chi connectivity index (χ0) is 23.4. The summed E-state index contributed by atoms with van der Waals surface area (Å²) in [7, 11) is 1.64. The van der Waals surface area contributed by atoms with Crippen LogP contribution in [-0.4, -0.2) is 30.7 Å². The van der Waals surface area contributed by atoms with Crippen molar-refractivity contribution in [3.05, 3.63) is 22.2 Å². The van der Waals surface area contributed by atoms with E-state index in [2.05, 4.69) is 40.4 Å². The lowest BCUT2D eigenvalue weighted by molar-refractivity contribution is -0.124. The average Bonchev–Trinajstić information content (AvgIpc) is 2.61. The maximum atomic E-state index is 12.1. The number of halogens is 1. The normalized spacial score (nSPS) is 33.3. The molecule has 178 valence electrons. The first-order valence-electron chi connectivity index (χ1n) is 11.9. The van der Waals surface area contributed by atoms with Crippen molar-refractivity contribution in [3.63, 3.8) is 0 Å². The molecule has 0 saturated heterocycles. The van der Waals surface area contributed by atoms with Gasteiger partial charge in [-0.05, 0) is 93.7 Å². The second-order valence-corrected chi connectivity index (χ2v) is 13.3. The third kappa shape index (κ3) is 5.11. The van der Waals surface area contributed by atoms with Crippen molar-refractivity contribution < 1.29 is 14.3 Å². The van der Waals surface area contributed by atoms with Crippen molar-refractivity contribution in [1.29, 1.82) is 0 Å². The summed E-state index contributed by atoms with van der Waals surface area (Å²) in [5, 5.41) is 6.91. The Labute approximate surface area is 201 Å². The van der Waals surface area contributed by atoms with Crippen LogP contribution in [0.25, 0.3) is 0 Å². The molecule has 5 rings (SSSR count). The van der Waals surface area contributed by atoms with Gasteiger partial charge < -0.3 is 20.1 Å². The Morgan fingerprint density at radius 2 is 1.75 bits per heavy atom. The van der Waals surface area contributed by atoms with E-state index in [0.717, 1.165) is 22.5 Å². The highest BCUT2D eigenvalue weighted by Crippen LogP contribution is 2.66. The number of nitrogens with one attached hydrogen (secondary N) is 2. The fourth-order valence-corrected chi connectivity index (χ4v) is 7.97. The number of rotatable bonds is 7. The number of carbonyl (C=O) groups excluding carboxylic acids is 1. The molecular formula is C26H39BrN2O3. The maximum absolute atomic E-state index is 12.1. The van der Waals surface area contributed by atoms with Crippen LogP contribution in [0.4, 0.5) is 0 Å². The zero-order valence-corrected chi connectivity index (χ0v) is 22.1. The molecule has 1 aromatic rings. The number of methoxy groups -OCH3 is 1. The van der Waals surface area contributed by atoms with Gasteiger partial charge in [-0.15, -0.1) is 0 Å². The van der Waals surface area contributed by atoms with Crippen LogP contribution in [0, 0.1) is 16.7 Å². The Balaban J connectivity index is 1.44. The van der Waals surface area contributed by atoms with Gasteiger partial charge in [0.25, 0.3) is 5.91 Å². The van der Waals surface area contributed by atoms with E-state index in [4.69, 9.17) is 9.47 Å². The molecule has 4 bridgehead atoms. The standard InChI is InChI=1S/C26H39BrN2O3/c1-23(2,3)29-22(30)13-32-21-8-19(27)18(7-20(21)31-6)12-28-26-11-17-9-24(4,15-26)14-25(5,10-17)16-26/h7-8,17,28H,9-16H2,1-6H3,(H,29,30). The summed E-state index contributed by atoms with van der Waals surface area (Å²) in [4.78, 5) is 12.1. The second kappa shape index (κ2) is 8.19. The minimum atomic E-state index is -0.286. The molecule has 0 aliphatic heterocycles. The third-order valence-corrected chi connectivity index (χ3v) is 8.22. The molecule has 5 nitrogen and oxygen atoms in total. The molecule has 0 spiro atoms. The number of carbonyl (C=O) groups is 1. The van der Waals surface area contributed by atoms with Crippen molar-refractivity contribution >= 4 is 21.8 Å². The van der Waals surface area contributed by atoms with Crippen LogP contribution >= 0.6 is 15.9 Å². The van der Waals surface area contributed by atoms with Gasteiger partial charge in [0.15, 0.2) is 18.1 Å². The summed E-state index contributed by atoms with van der Waals surface area (Å²) in [6.45, 7) is 11.6. The topological polar surface area (TPSA) is 59.6 Å². The number of hydrogen-bond donors (Lipinski definition) is 2. The van der Waals surface area contributed by atoms with Crippen molar-refractivity contribution in [3.8, 4) is 11.5 Å². The van der Waals surface area contributed by atoms with E-state index in [0.29, 0.717) is 22.3 Å². The van der Waals surface area contributed by atoms with Gasteiger partial charge in [-0.2, -0.15) is 0 Å². The Bertz CT molecular complexity index is 876. The number of hydrogen-bond acceptors (Lipinski definition) is 4.